The van der Waals surface area contributed by atoms with E-state index in [9.17, 15) is 8.78 Å². The van der Waals surface area contributed by atoms with Crippen LogP contribution in [-0.2, 0) is 6.54 Å². The minimum atomic E-state index is -2.79. The molecule has 0 heterocycles. The second-order valence-corrected chi connectivity index (χ2v) is 6.61. The van der Waals surface area contributed by atoms with Crippen LogP contribution < -0.4 is 10.1 Å². The summed E-state index contributed by atoms with van der Waals surface area (Å²) in [7, 11) is 0. The lowest BCUT2D eigenvalue weighted by Gasteiger charge is -2.28. The molecule has 0 aliphatic heterocycles. The summed E-state index contributed by atoms with van der Waals surface area (Å²) in [5.41, 5.74) is 0.757. The fourth-order valence-electron chi connectivity index (χ4n) is 2.97. The standard InChI is InChI=1S/C16H22BrF2NO/c1-11(12-5-3-2-4-6-12)20-10-13-9-14(17)7-8-15(13)21-16(18)19/h7-9,11-12,16,20H,2-6,10H2,1H3/t11-/m1/s1. The Hall–Kier alpha value is -0.680. The molecule has 2 nitrogen and oxygen atoms in total. The minimum absolute atomic E-state index is 0.247. The van der Waals surface area contributed by atoms with E-state index in [1.165, 1.54) is 32.1 Å². The number of alkyl halides is 2. The molecular formula is C16H22BrF2NO. The molecule has 1 aromatic rings. The third-order valence-corrected chi connectivity index (χ3v) is 4.70. The molecule has 1 saturated carbocycles. The molecule has 0 unspecified atom stereocenters. The number of nitrogens with one attached hydrogen (secondary N) is 1. The molecule has 1 N–H and O–H groups in total. The summed E-state index contributed by atoms with van der Waals surface area (Å²) in [5.74, 6) is 0.932. The molecule has 0 aromatic heterocycles. The van der Waals surface area contributed by atoms with Gasteiger partial charge in [-0.25, -0.2) is 0 Å². The first-order valence-electron chi connectivity index (χ1n) is 7.53. The van der Waals surface area contributed by atoms with E-state index in [1.807, 2.05) is 6.07 Å². The maximum absolute atomic E-state index is 12.4. The Labute approximate surface area is 133 Å². The van der Waals surface area contributed by atoms with Crippen LogP contribution in [0.15, 0.2) is 22.7 Å². The smallest absolute Gasteiger partial charge is 0.387 e. The Morgan fingerprint density at radius 1 is 1.29 bits per heavy atom. The van der Waals surface area contributed by atoms with Crippen molar-refractivity contribution in [2.75, 3.05) is 0 Å². The summed E-state index contributed by atoms with van der Waals surface area (Å²) in [5, 5.41) is 3.46. The molecule has 0 radical (unpaired) electrons. The quantitative estimate of drug-likeness (QED) is 0.759. The van der Waals surface area contributed by atoms with Crippen LogP contribution in [0.4, 0.5) is 8.78 Å². The van der Waals surface area contributed by atoms with E-state index in [-0.39, 0.29) is 5.75 Å². The van der Waals surface area contributed by atoms with Crippen LogP contribution in [0, 0.1) is 5.92 Å². The van der Waals surface area contributed by atoms with Crippen molar-refractivity contribution >= 4 is 15.9 Å². The molecule has 1 aliphatic carbocycles. The van der Waals surface area contributed by atoms with Gasteiger partial charge in [0.1, 0.15) is 5.75 Å². The van der Waals surface area contributed by atoms with E-state index in [1.54, 1.807) is 12.1 Å². The van der Waals surface area contributed by atoms with Crippen LogP contribution in [0.1, 0.15) is 44.6 Å². The molecule has 1 atom stereocenters. The van der Waals surface area contributed by atoms with Gasteiger partial charge in [-0.1, -0.05) is 35.2 Å². The number of ether oxygens (including phenoxy) is 1. The molecule has 0 spiro atoms. The van der Waals surface area contributed by atoms with Crippen molar-refractivity contribution in [2.45, 2.75) is 58.2 Å². The molecule has 0 bridgehead atoms. The zero-order valence-electron chi connectivity index (χ0n) is 12.2. The summed E-state index contributed by atoms with van der Waals surface area (Å²) in [6.07, 6.45) is 6.45. The van der Waals surface area contributed by atoms with Crippen molar-refractivity contribution in [3.63, 3.8) is 0 Å². The average molecular weight is 362 g/mol. The van der Waals surface area contributed by atoms with E-state index in [0.717, 1.165) is 10.0 Å². The van der Waals surface area contributed by atoms with Crippen molar-refractivity contribution in [3.8, 4) is 5.75 Å². The highest BCUT2D eigenvalue weighted by Crippen LogP contribution is 2.28. The van der Waals surface area contributed by atoms with Crippen molar-refractivity contribution in [1.29, 1.82) is 0 Å². The molecular weight excluding hydrogens is 340 g/mol. The van der Waals surface area contributed by atoms with Gasteiger partial charge >= 0.3 is 6.61 Å². The Kier molecular flexibility index (Phi) is 6.42. The van der Waals surface area contributed by atoms with Gasteiger partial charge in [-0.2, -0.15) is 8.78 Å². The minimum Gasteiger partial charge on any atom is -0.434 e. The van der Waals surface area contributed by atoms with Gasteiger partial charge in [0, 0.05) is 22.6 Å². The third-order valence-electron chi connectivity index (χ3n) is 4.21. The molecule has 2 rings (SSSR count). The van der Waals surface area contributed by atoms with E-state index < -0.39 is 6.61 Å². The van der Waals surface area contributed by atoms with Crippen molar-refractivity contribution in [3.05, 3.63) is 28.2 Å². The summed E-state index contributed by atoms with van der Waals surface area (Å²) >= 11 is 3.38. The Balaban J connectivity index is 1.96. The maximum atomic E-state index is 12.4. The SMILES string of the molecule is C[C@@H](NCc1cc(Br)ccc1OC(F)F)C1CCCCC1. The first-order valence-corrected chi connectivity index (χ1v) is 8.32. The normalized spacial score (nSPS) is 18.0. The predicted octanol–water partition coefficient (Wildman–Crippen LogP) is 5.11. The molecule has 0 saturated heterocycles. The monoisotopic (exact) mass is 361 g/mol. The summed E-state index contributed by atoms with van der Waals surface area (Å²) in [6.45, 7) is -0.0680. The van der Waals surface area contributed by atoms with E-state index in [0.29, 0.717) is 18.5 Å². The van der Waals surface area contributed by atoms with Crippen LogP contribution in [0.5, 0.6) is 5.75 Å². The predicted molar refractivity (Wildman–Crippen MR) is 83.7 cm³/mol. The zero-order valence-corrected chi connectivity index (χ0v) is 13.8. The number of rotatable bonds is 6. The summed E-state index contributed by atoms with van der Waals surface area (Å²) < 4.78 is 30.3. The molecule has 118 valence electrons. The molecule has 1 aliphatic rings. The van der Waals surface area contributed by atoms with E-state index in [2.05, 4.69) is 32.9 Å². The van der Waals surface area contributed by atoms with Gasteiger partial charge in [-0.05, 0) is 43.9 Å². The maximum Gasteiger partial charge on any atom is 0.387 e. The second-order valence-electron chi connectivity index (χ2n) is 5.70. The van der Waals surface area contributed by atoms with Crippen molar-refractivity contribution < 1.29 is 13.5 Å². The fourth-order valence-corrected chi connectivity index (χ4v) is 3.38. The van der Waals surface area contributed by atoms with E-state index >= 15 is 0 Å². The summed E-state index contributed by atoms with van der Waals surface area (Å²) in [6, 6.07) is 5.52. The Bertz CT molecular complexity index is 450. The lowest BCUT2D eigenvalue weighted by Crippen LogP contribution is -2.34. The zero-order chi connectivity index (χ0) is 15.2. The number of benzene rings is 1. The number of hydrogen-bond acceptors (Lipinski definition) is 2. The van der Waals surface area contributed by atoms with Crippen LogP contribution in [0.2, 0.25) is 0 Å². The van der Waals surface area contributed by atoms with Gasteiger partial charge in [-0.15, -0.1) is 0 Å². The second kappa shape index (κ2) is 8.08. The number of hydrogen-bond donors (Lipinski definition) is 1. The van der Waals surface area contributed by atoms with Crippen LogP contribution in [-0.4, -0.2) is 12.7 Å². The largest absolute Gasteiger partial charge is 0.434 e. The molecule has 5 heteroatoms. The lowest BCUT2D eigenvalue weighted by molar-refractivity contribution is -0.0505. The molecule has 0 amide bonds. The van der Waals surface area contributed by atoms with Gasteiger partial charge in [0.2, 0.25) is 0 Å². The van der Waals surface area contributed by atoms with Crippen LogP contribution in [0.3, 0.4) is 0 Å². The molecule has 21 heavy (non-hydrogen) atoms. The molecule has 1 aromatic carbocycles. The Morgan fingerprint density at radius 3 is 2.67 bits per heavy atom. The first kappa shape index (κ1) is 16.7. The van der Waals surface area contributed by atoms with Gasteiger partial charge in [-0.3, -0.25) is 0 Å². The fraction of sp³-hybridized carbons (Fsp3) is 0.625. The Morgan fingerprint density at radius 2 is 2.00 bits per heavy atom. The highest BCUT2D eigenvalue weighted by Gasteiger charge is 2.20. The van der Waals surface area contributed by atoms with Gasteiger partial charge < -0.3 is 10.1 Å². The average Bonchev–Trinajstić information content (AvgIpc) is 2.47. The van der Waals surface area contributed by atoms with Crippen LogP contribution in [0.25, 0.3) is 0 Å². The third kappa shape index (κ3) is 5.22. The highest BCUT2D eigenvalue weighted by molar-refractivity contribution is 9.10. The number of halogens is 3. The lowest BCUT2D eigenvalue weighted by atomic mass is 9.84. The first-order chi connectivity index (χ1) is 10.1. The molecule has 1 fully saturated rings. The van der Waals surface area contributed by atoms with Crippen molar-refractivity contribution in [1.82, 2.24) is 5.32 Å². The van der Waals surface area contributed by atoms with Gasteiger partial charge in [0.15, 0.2) is 0 Å². The summed E-state index contributed by atoms with van der Waals surface area (Å²) in [4.78, 5) is 0. The van der Waals surface area contributed by atoms with Gasteiger partial charge in [0.25, 0.3) is 0 Å². The van der Waals surface area contributed by atoms with Crippen molar-refractivity contribution in [2.24, 2.45) is 5.92 Å². The van der Waals surface area contributed by atoms with Crippen LogP contribution >= 0.6 is 15.9 Å². The highest BCUT2D eigenvalue weighted by atomic mass is 79.9. The van der Waals surface area contributed by atoms with E-state index in [4.69, 9.17) is 0 Å². The topological polar surface area (TPSA) is 21.3 Å². The van der Waals surface area contributed by atoms with Gasteiger partial charge in [0.05, 0.1) is 0 Å².